The number of rotatable bonds is 7. The molecule has 0 aromatic rings. The predicted molar refractivity (Wildman–Crippen MR) is 81.0 cm³/mol. The van der Waals surface area contributed by atoms with Crippen molar-refractivity contribution in [3.05, 3.63) is 0 Å². The first kappa shape index (κ1) is 17.4. The van der Waals surface area contributed by atoms with Gasteiger partial charge in [0.1, 0.15) is 0 Å². The van der Waals surface area contributed by atoms with Crippen LogP contribution in [0.5, 0.6) is 0 Å². The molecule has 1 aliphatic rings. The summed E-state index contributed by atoms with van der Waals surface area (Å²) < 4.78 is 25.5. The van der Waals surface area contributed by atoms with E-state index in [4.69, 9.17) is 0 Å². The molecule has 1 amide bonds. The van der Waals surface area contributed by atoms with Crippen molar-refractivity contribution in [1.82, 2.24) is 9.62 Å². The van der Waals surface area contributed by atoms with Crippen LogP contribution in [0, 0.1) is 0 Å². The Hall–Kier alpha value is -0.620. The van der Waals surface area contributed by atoms with E-state index in [1.165, 1.54) is 19.1 Å². The van der Waals surface area contributed by atoms with Gasteiger partial charge in [-0.2, -0.15) is 4.31 Å². The Kier molecular flexibility index (Phi) is 7.51. The number of hydrogen-bond acceptors (Lipinski definition) is 3. The maximum atomic E-state index is 12.0. The standard InChI is InChI=1S/C14H28N2O3S/c1-3-8-14(17)15-11-12-16(20(2,18)19)13-9-6-4-5-7-10-13/h13H,3-12H2,1-2H3,(H,15,17). The van der Waals surface area contributed by atoms with Crippen molar-refractivity contribution in [1.29, 1.82) is 0 Å². The second-order valence-corrected chi connectivity index (χ2v) is 7.55. The quantitative estimate of drug-likeness (QED) is 0.730. The lowest BCUT2D eigenvalue weighted by atomic mass is 10.1. The lowest BCUT2D eigenvalue weighted by Gasteiger charge is -2.29. The first-order chi connectivity index (χ1) is 9.45. The summed E-state index contributed by atoms with van der Waals surface area (Å²) in [4.78, 5) is 11.4. The predicted octanol–water partition coefficient (Wildman–Crippen LogP) is 1.89. The summed E-state index contributed by atoms with van der Waals surface area (Å²) in [5.74, 6) is 0.00168. The molecule has 0 atom stereocenters. The Balaban J connectivity index is 2.54. The van der Waals surface area contributed by atoms with Crippen molar-refractivity contribution >= 4 is 15.9 Å². The van der Waals surface area contributed by atoms with Crippen LogP contribution in [0.1, 0.15) is 58.3 Å². The van der Waals surface area contributed by atoms with Crippen molar-refractivity contribution in [3.8, 4) is 0 Å². The second-order valence-electron chi connectivity index (χ2n) is 5.62. The third kappa shape index (κ3) is 6.22. The highest BCUT2D eigenvalue weighted by molar-refractivity contribution is 7.88. The van der Waals surface area contributed by atoms with Gasteiger partial charge in [-0.3, -0.25) is 4.79 Å². The Morgan fingerprint density at radius 1 is 1.20 bits per heavy atom. The van der Waals surface area contributed by atoms with Crippen LogP contribution >= 0.6 is 0 Å². The maximum absolute atomic E-state index is 12.0. The summed E-state index contributed by atoms with van der Waals surface area (Å²) in [7, 11) is -3.21. The SMILES string of the molecule is CCCC(=O)NCCN(C1CCCCCC1)S(C)(=O)=O. The number of carbonyl (C=O) groups excluding carboxylic acids is 1. The number of carbonyl (C=O) groups is 1. The molecule has 0 saturated heterocycles. The summed E-state index contributed by atoms with van der Waals surface area (Å²) in [6.07, 6.45) is 9.05. The zero-order valence-corrected chi connectivity index (χ0v) is 13.5. The molecule has 118 valence electrons. The molecule has 0 radical (unpaired) electrons. The first-order valence-electron chi connectivity index (χ1n) is 7.68. The van der Waals surface area contributed by atoms with E-state index in [9.17, 15) is 13.2 Å². The van der Waals surface area contributed by atoms with Crippen LogP contribution in [0.15, 0.2) is 0 Å². The maximum Gasteiger partial charge on any atom is 0.220 e. The number of amides is 1. The molecule has 1 fully saturated rings. The average molecular weight is 304 g/mol. The van der Waals surface area contributed by atoms with E-state index in [0.29, 0.717) is 19.5 Å². The highest BCUT2D eigenvalue weighted by Gasteiger charge is 2.26. The Labute approximate surface area is 123 Å². The highest BCUT2D eigenvalue weighted by Crippen LogP contribution is 2.23. The highest BCUT2D eigenvalue weighted by atomic mass is 32.2. The number of sulfonamides is 1. The van der Waals surface area contributed by atoms with Gasteiger partial charge in [0.05, 0.1) is 6.26 Å². The lowest BCUT2D eigenvalue weighted by molar-refractivity contribution is -0.121. The molecule has 1 aliphatic carbocycles. The van der Waals surface area contributed by atoms with E-state index >= 15 is 0 Å². The van der Waals surface area contributed by atoms with Gasteiger partial charge in [-0.15, -0.1) is 0 Å². The van der Waals surface area contributed by atoms with E-state index in [1.807, 2.05) is 6.92 Å². The molecule has 0 heterocycles. The van der Waals surface area contributed by atoms with Gasteiger partial charge in [-0.1, -0.05) is 32.6 Å². The normalized spacial score (nSPS) is 17.9. The molecule has 0 aromatic heterocycles. The van der Waals surface area contributed by atoms with E-state index in [0.717, 1.165) is 32.1 Å². The van der Waals surface area contributed by atoms with Gasteiger partial charge in [-0.05, 0) is 19.3 Å². The number of hydrogen-bond donors (Lipinski definition) is 1. The fourth-order valence-electron chi connectivity index (χ4n) is 2.79. The third-order valence-corrected chi connectivity index (χ3v) is 5.12. The summed E-state index contributed by atoms with van der Waals surface area (Å²) in [5.41, 5.74) is 0. The number of nitrogens with zero attached hydrogens (tertiary/aromatic N) is 1. The minimum absolute atomic E-state index is 0.00168. The number of nitrogens with one attached hydrogen (secondary N) is 1. The van der Waals surface area contributed by atoms with Gasteiger partial charge in [0, 0.05) is 25.6 Å². The zero-order chi connectivity index (χ0) is 15.0. The monoisotopic (exact) mass is 304 g/mol. The average Bonchev–Trinajstić information content (AvgIpc) is 2.62. The zero-order valence-electron chi connectivity index (χ0n) is 12.7. The molecule has 0 aromatic carbocycles. The van der Waals surface area contributed by atoms with Crippen LogP contribution in [0.2, 0.25) is 0 Å². The largest absolute Gasteiger partial charge is 0.355 e. The van der Waals surface area contributed by atoms with Crippen molar-refractivity contribution in [2.75, 3.05) is 19.3 Å². The molecule has 0 spiro atoms. The molecule has 1 saturated carbocycles. The lowest BCUT2D eigenvalue weighted by Crippen LogP contribution is -2.44. The van der Waals surface area contributed by atoms with Gasteiger partial charge in [0.15, 0.2) is 0 Å². The molecular formula is C14H28N2O3S. The van der Waals surface area contributed by atoms with Gasteiger partial charge in [0.2, 0.25) is 15.9 Å². The molecule has 1 rings (SSSR count). The van der Waals surface area contributed by atoms with Gasteiger partial charge >= 0.3 is 0 Å². The Morgan fingerprint density at radius 3 is 2.30 bits per heavy atom. The van der Waals surface area contributed by atoms with E-state index in [2.05, 4.69) is 5.32 Å². The topological polar surface area (TPSA) is 66.5 Å². The van der Waals surface area contributed by atoms with E-state index in [-0.39, 0.29) is 11.9 Å². The van der Waals surface area contributed by atoms with Crippen molar-refractivity contribution in [2.24, 2.45) is 0 Å². The molecule has 20 heavy (non-hydrogen) atoms. The molecular weight excluding hydrogens is 276 g/mol. The van der Waals surface area contributed by atoms with E-state index < -0.39 is 10.0 Å². The van der Waals surface area contributed by atoms with Crippen LogP contribution < -0.4 is 5.32 Å². The fourth-order valence-corrected chi connectivity index (χ4v) is 3.96. The summed E-state index contributed by atoms with van der Waals surface area (Å²) in [6.45, 7) is 2.75. The van der Waals surface area contributed by atoms with Crippen LogP contribution in [-0.4, -0.2) is 44.0 Å². The molecule has 1 N–H and O–H groups in total. The smallest absolute Gasteiger partial charge is 0.220 e. The molecule has 6 heteroatoms. The van der Waals surface area contributed by atoms with E-state index in [1.54, 1.807) is 4.31 Å². The Bertz CT molecular complexity index is 387. The molecule has 0 bridgehead atoms. The van der Waals surface area contributed by atoms with Crippen molar-refractivity contribution in [3.63, 3.8) is 0 Å². The van der Waals surface area contributed by atoms with Crippen LogP contribution in [0.4, 0.5) is 0 Å². The van der Waals surface area contributed by atoms with Crippen LogP contribution in [0.25, 0.3) is 0 Å². The van der Waals surface area contributed by atoms with Gasteiger partial charge in [-0.25, -0.2) is 8.42 Å². The van der Waals surface area contributed by atoms with Gasteiger partial charge < -0.3 is 5.32 Å². The fraction of sp³-hybridized carbons (Fsp3) is 0.929. The van der Waals surface area contributed by atoms with Crippen LogP contribution in [0.3, 0.4) is 0 Å². The molecule has 5 nitrogen and oxygen atoms in total. The molecule has 0 aliphatic heterocycles. The summed E-state index contributed by atoms with van der Waals surface area (Å²) in [6, 6.07) is 0.107. The van der Waals surface area contributed by atoms with Crippen molar-refractivity contribution < 1.29 is 13.2 Å². The minimum atomic E-state index is -3.21. The van der Waals surface area contributed by atoms with Crippen molar-refractivity contribution in [2.45, 2.75) is 64.3 Å². The summed E-state index contributed by atoms with van der Waals surface area (Å²) in [5, 5.41) is 2.80. The summed E-state index contributed by atoms with van der Waals surface area (Å²) >= 11 is 0. The first-order valence-corrected chi connectivity index (χ1v) is 9.53. The third-order valence-electron chi connectivity index (χ3n) is 3.79. The van der Waals surface area contributed by atoms with Crippen LogP contribution in [-0.2, 0) is 14.8 Å². The van der Waals surface area contributed by atoms with Gasteiger partial charge in [0.25, 0.3) is 0 Å². The molecule has 0 unspecified atom stereocenters. The second kappa shape index (κ2) is 8.62. The minimum Gasteiger partial charge on any atom is -0.355 e. The Morgan fingerprint density at radius 2 is 1.80 bits per heavy atom.